The number of hydrogen-bond acceptors (Lipinski definition) is 5. The van der Waals surface area contributed by atoms with Gasteiger partial charge in [-0.2, -0.15) is 0 Å². The lowest BCUT2D eigenvalue weighted by Crippen LogP contribution is -2.16. The van der Waals surface area contributed by atoms with Crippen molar-refractivity contribution in [2.45, 2.75) is 6.42 Å². The normalized spacial score (nSPS) is 18.6. The number of cyclic esters (lactones) is 2. The second kappa shape index (κ2) is 5.95. The lowest BCUT2D eigenvalue weighted by atomic mass is 10.1. The Hall–Kier alpha value is -2.43. The minimum absolute atomic E-state index is 0.0332. The molecule has 19 heavy (non-hydrogen) atoms. The summed E-state index contributed by atoms with van der Waals surface area (Å²) in [5.41, 5.74) is 0.870. The molecule has 0 saturated carbocycles. The van der Waals surface area contributed by atoms with E-state index in [-0.39, 0.29) is 13.0 Å². The van der Waals surface area contributed by atoms with E-state index in [1.54, 1.807) is 6.08 Å². The average molecular weight is 260 g/mol. The van der Waals surface area contributed by atoms with Crippen LogP contribution >= 0.6 is 0 Å². The first-order valence-corrected chi connectivity index (χ1v) is 5.79. The highest BCUT2D eigenvalue weighted by atomic mass is 16.6. The molecule has 5 nitrogen and oxygen atoms in total. The highest BCUT2D eigenvalue weighted by Crippen LogP contribution is 2.16. The van der Waals surface area contributed by atoms with E-state index >= 15 is 0 Å². The highest BCUT2D eigenvalue weighted by molar-refractivity contribution is 5.95. The van der Waals surface area contributed by atoms with Crippen LogP contribution in [0, 0.1) is 5.92 Å². The molecule has 0 aromatic heterocycles. The van der Waals surface area contributed by atoms with Gasteiger partial charge in [-0.3, -0.25) is 9.59 Å². The van der Waals surface area contributed by atoms with Crippen molar-refractivity contribution in [1.82, 2.24) is 0 Å². The summed E-state index contributed by atoms with van der Waals surface area (Å²) in [6.45, 7) is -0.136. The van der Waals surface area contributed by atoms with Gasteiger partial charge in [0.1, 0.15) is 12.5 Å². The van der Waals surface area contributed by atoms with Crippen LogP contribution in [-0.4, -0.2) is 24.5 Å². The van der Waals surface area contributed by atoms with Gasteiger partial charge in [-0.25, -0.2) is 4.79 Å². The van der Waals surface area contributed by atoms with Crippen LogP contribution in [0.4, 0.5) is 0 Å². The van der Waals surface area contributed by atoms with Crippen molar-refractivity contribution in [2.24, 2.45) is 5.92 Å². The molecule has 5 heteroatoms. The van der Waals surface area contributed by atoms with Crippen molar-refractivity contribution in [3.63, 3.8) is 0 Å². The number of benzene rings is 1. The highest BCUT2D eigenvalue weighted by Gasteiger charge is 2.34. The van der Waals surface area contributed by atoms with Crippen LogP contribution in [0.3, 0.4) is 0 Å². The molecule has 98 valence electrons. The van der Waals surface area contributed by atoms with Gasteiger partial charge in [-0.05, 0) is 11.6 Å². The summed E-state index contributed by atoms with van der Waals surface area (Å²) < 4.78 is 9.24. The van der Waals surface area contributed by atoms with Crippen LogP contribution < -0.4 is 0 Å². The van der Waals surface area contributed by atoms with Crippen molar-refractivity contribution >= 4 is 24.0 Å². The van der Waals surface area contributed by atoms with Crippen molar-refractivity contribution in [2.75, 3.05) is 6.61 Å². The summed E-state index contributed by atoms with van der Waals surface area (Å²) in [7, 11) is 0. The van der Waals surface area contributed by atoms with E-state index in [1.807, 2.05) is 30.3 Å². The van der Waals surface area contributed by atoms with E-state index in [4.69, 9.17) is 4.74 Å². The molecule has 1 aliphatic heterocycles. The fourth-order valence-corrected chi connectivity index (χ4v) is 1.61. The molecule has 0 aliphatic carbocycles. The molecule has 1 aromatic carbocycles. The fraction of sp³-hybridized carbons (Fsp3) is 0.214. The zero-order valence-electron chi connectivity index (χ0n) is 10.1. The molecule has 2 rings (SSSR count). The Kier molecular flexibility index (Phi) is 4.07. The molecule has 1 atom stereocenters. The third kappa shape index (κ3) is 3.77. The monoisotopic (exact) mass is 260 g/mol. The third-order valence-electron chi connectivity index (χ3n) is 2.60. The van der Waals surface area contributed by atoms with Crippen molar-refractivity contribution in [1.29, 1.82) is 0 Å². The van der Waals surface area contributed by atoms with E-state index in [0.29, 0.717) is 0 Å². The SMILES string of the molecule is O=C(C=Cc1ccccc1)OCC1CC(=O)OC1=O. The summed E-state index contributed by atoms with van der Waals surface area (Å²) in [5.74, 6) is -2.45. The number of esters is 3. The van der Waals surface area contributed by atoms with E-state index < -0.39 is 23.8 Å². The predicted molar refractivity (Wildman–Crippen MR) is 65.6 cm³/mol. The second-order valence-corrected chi connectivity index (χ2v) is 4.07. The van der Waals surface area contributed by atoms with Gasteiger partial charge in [-0.15, -0.1) is 0 Å². The van der Waals surface area contributed by atoms with Gasteiger partial charge in [0.25, 0.3) is 0 Å². The van der Waals surface area contributed by atoms with Crippen molar-refractivity contribution < 1.29 is 23.9 Å². The van der Waals surface area contributed by atoms with Crippen molar-refractivity contribution in [3.8, 4) is 0 Å². The van der Waals surface area contributed by atoms with Crippen molar-refractivity contribution in [3.05, 3.63) is 42.0 Å². The summed E-state index contributed by atoms with van der Waals surface area (Å²) in [4.78, 5) is 33.4. The first-order chi connectivity index (χ1) is 9.15. The zero-order chi connectivity index (χ0) is 13.7. The van der Waals surface area contributed by atoms with Gasteiger partial charge < -0.3 is 9.47 Å². The van der Waals surface area contributed by atoms with Gasteiger partial charge in [0.2, 0.25) is 0 Å². The Labute approximate surface area is 109 Å². The maximum absolute atomic E-state index is 11.4. The zero-order valence-corrected chi connectivity index (χ0v) is 10.1. The molecular weight excluding hydrogens is 248 g/mol. The first-order valence-electron chi connectivity index (χ1n) is 5.79. The molecule has 0 spiro atoms. The summed E-state index contributed by atoms with van der Waals surface area (Å²) in [6.07, 6.45) is 2.85. The molecule has 1 fully saturated rings. The standard InChI is InChI=1S/C14H12O5/c15-12(7-6-10-4-2-1-3-5-10)18-9-11-8-13(16)19-14(11)17/h1-7,11H,8-9H2. The van der Waals surface area contributed by atoms with E-state index in [2.05, 4.69) is 4.74 Å². The molecule has 1 aromatic rings. The van der Waals surface area contributed by atoms with Crippen LogP contribution in [0.5, 0.6) is 0 Å². The van der Waals surface area contributed by atoms with Crippen LogP contribution in [0.1, 0.15) is 12.0 Å². The Balaban J connectivity index is 1.81. The molecule has 0 bridgehead atoms. The lowest BCUT2D eigenvalue weighted by molar-refractivity contribution is -0.153. The molecule has 0 radical (unpaired) electrons. The van der Waals surface area contributed by atoms with Gasteiger partial charge in [-0.1, -0.05) is 30.3 Å². The van der Waals surface area contributed by atoms with Gasteiger partial charge in [0.15, 0.2) is 0 Å². The van der Waals surface area contributed by atoms with Gasteiger partial charge in [0.05, 0.1) is 6.42 Å². The van der Waals surface area contributed by atoms with Crippen LogP contribution in [0.25, 0.3) is 6.08 Å². The summed E-state index contributed by atoms with van der Waals surface area (Å²) >= 11 is 0. The molecule has 1 unspecified atom stereocenters. The van der Waals surface area contributed by atoms with Crippen LogP contribution in [0.2, 0.25) is 0 Å². The molecule has 1 heterocycles. The third-order valence-corrected chi connectivity index (χ3v) is 2.60. The Bertz CT molecular complexity index is 518. The fourth-order valence-electron chi connectivity index (χ4n) is 1.61. The van der Waals surface area contributed by atoms with Gasteiger partial charge in [0, 0.05) is 6.08 Å². The molecule has 1 saturated heterocycles. The Morgan fingerprint density at radius 1 is 1.32 bits per heavy atom. The topological polar surface area (TPSA) is 69.7 Å². The minimum atomic E-state index is -0.679. The predicted octanol–water partition coefficient (Wildman–Crippen LogP) is 1.33. The number of hydrogen-bond donors (Lipinski definition) is 0. The second-order valence-electron chi connectivity index (χ2n) is 4.07. The maximum Gasteiger partial charge on any atom is 0.330 e. The number of carbonyl (C=O) groups excluding carboxylic acids is 3. The van der Waals surface area contributed by atoms with E-state index in [9.17, 15) is 14.4 Å². The van der Waals surface area contributed by atoms with Gasteiger partial charge >= 0.3 is 17.9 Å². The largest absolute Gasteiger partial charge is 0.462 e. The molecule has 0 N–H and O–H groups in total. The first kappa shape index (κ1) is 13.0. The van der Waals surface area contributed by atoms with Crippen LogP contribution in [0.15, 0.2) is 36.4 Å². The van der Waals surface area contributed by atoms with E-state index in [1.165, 1.54) is 6.08 Å². The Morgan fingerprint density at radius 3 is 2.68 bits per heavy atom. The lowest BCUT2D eigenvalue weighted by Gasteiger charge is -2.04. The van der Waals surface area contributed by atoms with Crippen LogP contribution in [-0.2, 0) is 23.9 Å². The van der Waals surface area contributed by atoms with E-state index in [0.717, 1.165) is 5.56 Å². The number of rotatable bonds is 4. The minimum Gasteiger partial charge on any atom is -0.462 e. The Morgan fingerprint density at radius 2 is 2.05 bits per heavy atom. The quantitative estimate of drug-likeness (QED) is 0.464. The molecule has 0 amide bonds. The maximum atomic E-state index is 11.4. The summed E-state index contributed by atoms with van der Waals surface area (Å²) in [5, 5.41) is 0. The smallest absolute Gasteiger partial charge is 0.330 e. The number of ether oxygens (including phenoxy) is 2. The number of carbonyl (C=O) groups is 3. The molecular formula is C14H12O5. The summed E-state index contributed by atoms with van der Waals surface area (Å²) in [6, 6.07) is 9.27. The average Bonchev–Trinajstić information content (AvgIpc) is 2.73. The molecule has 1 aliphatic rings.